The first-order chi connectivity index (χ1) is 18.1. The lowest BCUT2D eigenvalue weighted by Gasteiger charge is -2.36. The van der Waals surface area contributed by atoms with E-state index in [1.54, 1.807) is 24.3 Å². The number of amides is 2. The molecular weight excluding hydrogens is 567 g/mol. The Balaban J connectivity index is 1.68. The molecular formula is C27H31ClF3N3O3SSi. The van der Waals surface area contributed by atoms with E-state index in [0.717, 1.165) is 35.2 Å². The van der Waals surface area contributed by atoms with E-state index in [9.17, 15) is 22.8 Å². The number of hydrogen-bond donors (Lipinski definition) is 3. The topological polar surface area (TPSA) is 79.5 Å². The summed E-state index contributed by atoms with van der Waals surface area (Å²) < 4.78 is 46.5. The number of nitrogens with one attached hydrogen (secondary N) is 3. The summed E-state index contributed by atoms with van der Waals surface area (Å²) in [7, 11) is -1.83. The predicted molar refractivity (Wildman–Crippen MR) is 155 cm³/mol. The van der Waals surface area contributed by atoms with Crippen LogP contribution in [-0.2, 0) is 10.6 Å². The van der Waals surface area contributed by atoms with E-state index >= 15 is 0 Å². The van der Waals surface area contributed by atoms with Gasteiger partial charge in [-0.25, -0.2) is 0 Å². The van der Waals surface area contributed by atoms with Gasteiger partial charge in [0.2, 0.25) is 0 Å². The van der Waals surface area contributed by atoms with Crippen molar-refractivity contribution in [3.05, 3.63) is 74.9 Å². The molecule has 12 heteroatoms. The van der Waals surface area contributed by atoms with Gasteiger partial charge in [0.05, 0.1) is 32.6 Å². The van der Waals surface area contributed by atoms with Crippen LogP contribution in [0.3, 0.4) is 0 Å². The van der Waals surface area contributed by atoms with Crippen LogP contribution in [-0.4, -0.2) is 33.3 Å². The molecule has 0 aliphatic carbocycles. The summed E-state index contributed by atoms with van der Waals surface area (Å²) in [6.07, 6.45) is -4.65. The molecule has 0 atom stereocenters. The third kappa shape index (κ3) is 8.31. The SMILES string of the molecule is CC(C)(C)[Si](C)(C)OCCNc1ccc(NC(=O)c2ccc(C(F)(F)F)cc2NC(=O)c2ccc(Cl)s2)cc1. The Kier molecular flexibility index (Phi) is 9.53. The zero-order chi connectivity index (χ0) is 29.0. The van der Waals surface area contributed by atoms with Gasteiger partial charge >= 0.3 is 6.18 Å². The molecule has 0 radical (unpaired) electrons. The van der Waals surface area contributed by atoms with E-state index in [0.29, 0.717) is 23.2 Å². The van der Waals surface area contributed by atoms with E-state index < -0.39 is 31.9 Å². The fourth-order valence-corrected chi connectivity index (χ4v) is 5.21. The van der Waals surface area contributed by atoms with Crippen LogP contribution in [0.4, 0.5) is 30.2 Å². The van der Waals surface area contributed by atoms with Gasteiger partial charge < -0.3 is 20.4 Å². The van der Waals surface area contributed by atoms with Crippen molar-refractivity contribution in [2.24, 2.45) is 0 Å². The minimum Gasteiger partial charge on any atom is -0.415 e. The Morgan fingerprint density at radius 1 is 0.923 bits per heavy atom. The summed E-state index contributed by atoms with van der Waals surface area (Å²) in [6.45, 7) is 12.1. The molecule has 0 bridgehead atoms. The lowest BCUT2D eigenvalue weighted by molar-refractivity contribution is -0.137. The fourth-order valence-electron chi connectivity index (χ4n) is 3.23. The number of hydrogen-bond acceptors (Lipinski definition) is 5. The van der Waals surface area contributed by atoms with Crippen molar-refractivity contribution in [1.82, 2.24) is 0 Å². The second-order valence-corrected chi connectivity index (χ2v) is 16.9. The number of anilines is 3. The van der Waals surface area contributed by atoms with E-state index in [1.807, 2.05) is 0 Å². The van der Waals surface area contributed by atoms with Crippen LogP contribution >= 0.6 is 22.9 Å². The second-order valence-electron chi connectivity index (χ2n) is 10.4. The highest BCUT2D eigenvalue weighted by molar-refractivity contribution is 7.18. The Labute approximate surface area is 236 Å². The Morgan fingerprint density at radius 3 is 2.13 bits per heavy atom. The summed E-state index contributed by atoms with van der Waals surface area (Å²) in [6, 6.07) is 12.4. The number of carbonyl (C=O) groups excluding carboxylic acids is 2. The van der Waals surface area contributed by atoms with Crippen molar-refractivity contribution in [1.29, 1.82) is 0 Å². The number of rotatable bonds is 9. The predicted octanol–water partition coefficient (Wildman–Crippen LogP) is 8.36. The highest BCUT2D eigenvalue weighted by Crippen LogP contribution is 2.36. The van der Waals surface area contributed by atoms with Crippen LogP contribution < -0.4 is 16.0 Å². The van der Waals surface area contributed by atoms with Crippen molar-refractivity contribution in [2.45, 2.75) is 45.1 Å². The average molecular weight is 598 g/mol. The number of carbonyl (C=O) groups is 2. The number of thiophene rings is 1. The van der Waals surface area contributed by atoms with Crippen LogP contribution in [0.15, 0.2) is 54.6 Å². The molecule has 2 amide bonds. The fraction of sp³-hybridized carbons (Fsp3) is 0.333. The molecule has 0 unspecified atom stereocenters. The second kappa shape index (κ2) is 12.1. The first-order valence-corrected chi connectivity index (χ1v) is 16.2. The molecule has 2 aromatic carbocycles. The van der Waals surface area contributed by atoms with Crippen molar-refractivity contribution in [2.75, 3.05) is 29.1 Å². The van der Waals surface area contributed by atoms with Gasteiger partial charge in [-0.05, 0) is 72.7 Å². The molecule has 3 rings (SSSR count). The number of alkyl halides is 3. The summed E-state index contributed by atoms with van der Waals surface area (Å²) in [5, 5.41) is 8.47. The summed E-state index contributed by atoms with van der Waals surface area (Å²) in [5.41, 5.74) is -0.124. The Bertz CT molecular complexity index is 1320. The molecule has 39 heavy (non-hydrogen) atoms. The number of benzene rings is 2. The van der Waals surface area contributed by atoms with E-state index in [-0.39, 0.29) is 21.2 Å². The Hall–Kier alpha value is -2.86. The molecule has 1 heterocycles. The molecule has 3 N–H and O–H groups in total. The quantitative estimate of drug-likeness (QED) is 0.171. The van der Waals surface area contributed by atoms with Gasteiger partial charge in [0, 0.05) is 17.9 Å². The summed E-state index contributed by atoms with van der Waals surface area (Å²) in [5.74, 6) is -1.35. The van der Waals surface area contributed by atoms with Gasteiger partial charge in [0.25, 0.3) is 11.8 Å². The molecule has 0 fully saturated rings. The average Bonchev–Trinajstić information content (AvgIpc) is 3.28. The molecule has 1 aromatic heterocycles. The molecule has 0 spiro atoms. The molecule has 210 valence electrons. The van der Waals surface area contributed by atoms with E-state index in [1.165, 1.54) is 12.1 Å². The van der Waals surface area contributed by atoms with Gasteiger partial charge in [0.1, 0.15) is 0 Å². The highest BCUT2D eigenvalue weighted by atomic mass is 35.5. The van der Waals surface area contributed by atoms with Crippen LogP contribution in [0.2, 0.25) is 22.5 Å². The maximum atomic E-state index is 13.3. The van der Waals surface area contributed by atoms with Crippen molar-refractivity contribution >= 4 is 60.1 Å². The number of halogens is 4. The lowest BCUT2D eigenvalue weighted by Crippen LogP contribution is -2.41. The lowest BCUT2D eigenvalue weighted by atomic mass is 10.1. The van der Waals surface area contributed by atoms with Crippen LogP contribution in [0.1, 0.15) is 46.4 Å². The normalized spacial score (nSPS) is 12.2. The van der Waals surface area contributed by atoms with E-state index in [4.69, 9.17) is 16.0 Å². The molecule has 6 nitrogen and oxygen atoms in total. The van der Waals surface area contributed by atoms with Gasteiger partial charge in [-0.3, -0.25) is 9.59 Å². The van der Waals surface area contributed by atoms with Gasteiger partial charge in [-0.15, -0.1) is 11.3 Å². The van der Waals surface area contributed by atoms with Crippen LogP contribution in [0, 0.1) is 0 Å². The first-order valence-electron chi connectivity index (χ1n) is 12.1. The molecule has 0 aliphatic rings. The molecule has 0 saturated carbocycles. The zero-order valence-electron chi connectivity index (χ0n) is 22.3. The highest BCUT2D eigenvalue weighted by Gasteiger charge is 2.37. The maximum absolute atomic E-state index is 13.3. The van der Waals surface area contributed by atoms with Crippen LogP contribution in [0.25, 0.3) is 0 Å². The molecule has 0 saturated heterocycles. The maximum Gasteiger partial charge on any atom is 0.416 e. The van der Waals surface area contributed by atoms with Gasteiger partial charge in [-0.2, -0.15) is 13.2 Å². The minimum absolute atomic E-state index is 0.121. The Morgan fingerprint density at radius 2 is 1.56 bits per heavy atom. The third-order valence-corrected chi connectivity index (χ3v) is 12.2. The van der Waals surface area contributed by atoms with E-state index in [2.05, 4.69) is 49.8 Å². The molecule has 3 aromatic rings. The van der Waals surface area contributed by atoms with Gasteiger partial charge in [0.15, 0.2) is 8.32 Å². The van der Waals surface area contributed by atoms with Gasteiger partial charge in [-0.1, -0.05) is 32.4 Å². The largest absolute Gasteiger partial charge is 0.416 e. The third-order valence-electron chi connectivity index (χ3n) is 6.48. The van der Waals surface area contributed by atoms with Crippen molar-refractivity contribution < 1.29 is 27.2 Å². The smallest absolute Gasteiger partial charge is 0.415 e. The van der Waals surface area contributed by atoms with Crippen LogP contribution in [0.5, 0.6) is 0 Å². The van der Waals surface area contributed by atoms with Crippen molar-refractivity contribution in [3.63, 3.8) is 0 Å². The standard InChI is InChI=1S/C27H31ClF3N3O3SSi/c1-26(2,3)39(4,5)37-15-14-32-18-7-9-19(10-8-18)33-24(35)20-11-6-17(27(29,30)31)16-21(20)34-25(36)22-12-13-23(28)38-22/h6-13,16,32H,14-15H2,1-5H3,(H,33,35)(H,34,36). The minimum atomic E-state index is -4.65. The van der Waals surface area contributed by atoms with Crippen molar-refractivity contribution in [3.8, 4) is 0 Å². The monoisotopic (exact) mass is 597 g/mol. The zero-order valence-corrected chi connectivity index (χ0v) is 24.8. The summed E-state index contributed by atoms with van der Waals surface area (Å²) >= 11 is 6.83. The molecule has 0 aliphatic heterocycles. The first kappa shape index (κ1) is 30.7. The summed E-state index contributed by atoms with van der Waals surface area (Å²) in [4.78, 5) is 25.8.